The number of carbonyl (C=O) groups excluding carboxylic acids is 2. The second-order valence-electron chi connectivity index (χ2n) is 35.1. The standard InChI is InChI=1S/C76H128N2O58/c1-15-31(89)41(99)48(106)67(115-15)134-62-44(102)34(92)20(6-79)121-74(62)131-59-36(94)22(8-81)119-72(53(59)111)128-56-26(12-85)125-70(51(109)46(56)104)127-55-25(11-84)124-66(29(40(55)98)77-18(4)87)114-14-28-39(97)58(30(65(113)118-28)78-19(5)88)130-76-64(136-69-50(108)43(101)33(91)17(3)117-69)61(38(96)24(10-83)123-76)133-71-52(110)47(105)57(27(13-86)126-71)129-73-54(112)60(37(95)23(9-82)120-73)132-75-63(45(103)35(93)21(7-80)122-75)135-68-49(107)42(100)32(90)16(2)116-68/h15-17,20-76,79-86,89-113H,6-14H2,1-5H3,(H,77,87)(H,78,88)/t15-,16-,17-,20+,21+,22+,23+,24+,25+,26+,27+,28+,29+,30+,31+,32+,33+,34-,35-,36-,37-,38-,39-,40+,41+,42+,43+,44-,45-,46+,47+,48-,49-,50-,51+,52+,53+,54+,55+,56-,57-,58+,59-,60-,61-,62+,63+,64+,65-,66+,67-,68-,69-,70-,71-,72+,73+,74+,75+,76-/m0/s1. The molecule has 790 valence electrons. The number of carbonyl (C=O) groups is 2. The first-order valence-corrected chi connectivity index (χ1v) is 43.8. The highest BCUT2D eigenvalue weighted by atomic mass is 16.8. The van der Waals surface area contributed by atoms with Gasteiger partial charge in [0.15, 0.2) is 75.5 Å². The quantitative estimate of drug-likeness (QED) is 0.0290. The summed E-state index contributed by atoms with van der Waals surface area (Å²) in [4.78, 5) is 26.1. The Morgan fingerprint density at radius 1 is 0.206 bits per heavy atom. The SMILES string of the molecule is CC(=O)N[C@@H]1[C@@H](O[C@@H]2O[C@H](CO)[C@H](O)[C@H](O[C@@H]3O[C@H](CO)[C@H](O[C@H]4O[C@H](CO)[C@H](O)[C@H](O[C@H]5O[C@H](CO)[C@H](O)[C@H](O)[C@H]5O[C@@H]5O[C@@H](C)[C@@H](O)[C@@H](O)[C@@H]5O)[C@H]4O)[C@H](O)[C@H]3O)[C@H]2O[C@@H]2O[C@@H](C)[C@@H](O)[C@@H](O)[C@@H]2O)[C@@H](O)[C@@H](CO[C@@H]2O[C@H](CO)[C@@H](O[C@@H]3O[C@H](CO)[C@H](O[C@H]4O[C@H](CO)[C@H](O)[C@H](O[C@H]5O[C@H](CO)[C@H](O)[C@H](O)[C@H]5O[C@@H]5O[C@@H](C)[C@@H](O)[C@@H](O)[C@@H]5O)[C@H]4O)[C@H](O)[C@H]3O)[C@H](O)[C@H]2NC(C)=O)O[C@@H]1O. The minimum absolute atomic E-state index is 0.921. The van der Waals surface area contributed by atoms with Crippen LogP contribution in [0, 0.1) is 0 Å². The molecule has 0 radical (unpaired) electrons. The van der Waals surface area contributed by atoms with Crippen LogP contribution < -0.4 is 10.6 Å². The molecule has 12 heterocycles. The number of amides is 2. The number of nitrogens with one attached hydrogen (secondary N) is 2. The zero-order valence-electron chi connectivity index (χ0n) is 73.0. The molecule has 12 saturated heterocycles. The lowest BCUT2D eigenvalue weighted by Crippen LogP contribution is -2.70. The molecule has 0 aliphatic carbocycles. The van der Waals surface area contributed by atoms with Gasteiger partial charge in [-0.05, 0) is 20.8 Å². The first kappa shape index (κ1) is 111. The second kappa shape index (κ2) is 47.9. The van der Waals surface area contributed by atoms with Crippen molar-refractivity contribution in [1.29, 1.82) is 0 Å². The fourth-order valence-corrected chi connectivity index (χ4v) is 17.9. The monoisotopic (exact) mass is 2000 g/mol. The molecule has 60 atom stereocenters. The zero-order valence-corrected chi connectivity index (χ0v) is 73.0. The van der Waals surface area contributed by atoms with Gasteiger partial charge in [0, 0.05) is 13.8 Å². The van der Waals surface area contributed by atoms with E-state index in [2.05, 4.69) is 10.6 Å². The molecule has 12 aliphatic rings. The molecule has 136 heavy (non-hydrogen) atoms. The molecule has 35 N–H and O–H groups in total. The molecule has 12 aliphatic heterocycles. The van der Waals surface area contributed by atoms with Gasteiger partial charge in [-0.2, -0.15) is 0 Å². The van der Waals surface area contributed by atoms with Crippen LogP contribution >= 0.6 is 0 Å². The van der Waals surface area contributed by atoms with Gasteiger partial charge in [0.25, 0.3) is 0 Å². The molecular weight excluding hydrogens is 1870 g/mol. The number of aliphatic hydroxyl groups is 33. The van der Waals surface area contributed by atoms with Crippen LogP contribution in [-0.4, -0.2) is 608 Å². The summed E-state index contributed by atoms with van der Waals surface area (Å²) in [5.41, 5.74) is 0. The maximum atomic E-state index is 13.1. The minimum atomic E-state index is -2.52. The minimum Gasteiger partial charge on any atom is -0.394 e. The summed E-state index contributed by atoms with van der Waals surface area (Å²) in [6.45, 7) is -4.61. The highest BCUT2D eigenvalue weighted by molar-refractivity contribution is 5.73. The maximum absolute atomic E-state index is 13.1. The van der Waals surface area contributed by atoms with Crippen LogP contribution in [0.15, 0.2) is 0 Å². The van der Waals surface area contributed by atoms with Crippen molar-refractivity contribution in [2.45, 2.75) is 403 Å². The lowest BCUT2D eigenvalue weighted by molar-refractivity contribution is -0.409. The van der Waals surface area contributed by atoms with E-state index in [1.807, 2.05) is 0 Å². The Bertz CT molecular complexity index is 3670. The summed E-state index contributed by atoms with van der Waals surface area (Å²) >= 11 is 0. The Kier molecular flexibility index (Phi) is 39.3. The molecule has 2 amide bonds. The lowest BCUT2D eigenvalue weighted by Gasteiger charge is -2.51. The number of aliphatic hydroxyl groups excluding tert-OH is 33. The van der Waals surface area contributed by atoms with E-state index in [1.165, 1.54) is 20.8 Å². The Morgan fingerprint density at radius 2 is 0.449 bits per heavy atom. The van der Waals surface area contributed by atoms with Gasteiger partial charge >= 0.3 is 0 Å². The number of rotatable bonds is 33. The summed E-state index contributed by atoms with van der Waals surface area (Å²) in [7, 11) is 0. The molecule has 0 saturated carbocycles. The smallest absolute Gasteiger partial charge is 0.217 e. The Morgan fingerprint density at radius 3 is 0.809 bits per heavy atom. The summed E-state index contributed by atoms with van der Waals surface area (Å²) in [5.74, 6) is -1.92. The van der Waals surface area contributed by atoms with E-state index in [0.29, 0.717) is 0 Å². The fourth-order valence-electron chi connectivity index (χ4n) is 17.9. The number of ether oxygens (including phenoxy) is 23. The molecule has 0 aromatic heterocycles. The van der Waals surface area contributed by atoms with Crippen LogP contribution in [0.4, 0.5) is 0 Å². The molecule has 0 unspecified atom stereocenters. The van der Waals surface area contributed by atoms with E-state index in [-0.39, 0.29) is 0 Å². The van der Waals surface area contributed by atoms with Crippen molar-refractivity contribution in [2.75, 3.05) is 59.5 Å². The van der Waals surface area contributed by atoms with Crippen LogP contribution in [0.1, 0.15) is 34.6 Å². The topological polar surface area (TPSA) is 938 Å². The van der Waals surface area contributed by atoms with Crippen LogP contribution in [-0.2, 0) is 119 Å². The molecule has 12 rings (SSSR count). The molecule has 0 spiro atoms. The lowest BCUT2D eigenvalue weighted by atomic mass is 9.94. The van der Waals surface area contributed by atoms with Crippen molar-refractivity contribution in [1.82, 2.24) is 10.6 Å². The first-order chi connectivity index (χ1) is 64.3. The van der Waals surface area contributed by atoms with Crippen molar-refractivity contribution in [3.05, 3.63) is 0 Å². The van der Waals surface area contributed by atoms with Gasteiger partial charge in [-0.25, -0.2) is 0 Å². The van der Waals surface area contributed by atoms with Crippen molar-refractivity contribution in [3.8, 4) is 0 Å². The number of hydrogen-bond donors (Lipinski definition) is 35. The summed E-state index contributed by atoms with van der Waals surface area (Å²) in [6, 6.07) is -3.88. The van der Waals surface area contributed by atoms with E-state index in [1.54, 1.807) is 0 Å². The largest absolute Gasteiger partial charge is 0.394 e. The third-order valence-electron chi connectivity index (χ3n) is 25.8. The van der Waals surface area contributed by atoms with Gasteiger partial charge in [-0.1, -0.05) is 0 Å². The van der Waals surface area contributed by atoms with Gasteiger partial charge in [-0.15, -0.1) is 0 Å². The van der Waals surface area contributed by atoms with Crippen molar-refractivity contribution in [3.63, 3.8) is 0 Å². The molecule has 0 aromatic rings. The van der Waals surface area contributed by atoms with Gasteiger partial charge in [-0.3, -0.25) is 9.59 Å². The predicted octanol–water partition coefficient (Wildman–Crippen LogP) is -23.8. The second-order valence-corrected chi connectivity index (χ2v) is 35.1. The van der Waals surface area contributed by atoms with E-state index < -0.39 is 440 Å². The van der Waals surface area contributed by atoms with Crippen molar-refractivity contribution < 1.29 is 287 Å². The van der Waals surface area contributed by atoms with Gasteiger partial charge < -0.3 is 288 Å². The average Bonchev–Trinajstić information content (AvgIpc) is 0.804. The Balaban J connectivity index is 0.739. The third-order valence-corrected chi connectivity index (χ3v) is 25.8. The molecular formula is C76H128N2O58. The van der Waals surface area contributed by atoms with E-state index in [0.717, 1.165) is 13.8 Å². The molecule has 60 nitrogen and oxygen atoms in total. The summed E-state index contributed by atoms with van der Waals surface area (Å²) in [6.07, 6.45) is -119. The van der Waals surface area contributed by atoms with E-state index >= 15 is 0 Å². The zero-order chi connectivity index (χ0) is 99.8. The van der Waals surface area contributed by atoms with Crippen molar-refractivity contribution in [2.24, 2.45) is 0 Å². The van der Waals surface area contributed by atoms with Crippen LogP contribution in [0.3, 0.4) is 0 Å². The van der Waals surface area contributed by atoms with Crippen LogP contribution in [0.2, 0.25) is 0 Å². The first-order valence-electron chi connectivity index (χ1n) is 43.8. The summed E-state index contributed by atoms with van der Waals surface area (Å²) < 4.78 is 135. The van der Waals surface area contributed by atoms with Crippen molar-refractivity contribution >= 4 is 11.8 Å². The van der Waals surface area contributed by atoms with E-state index in [4.69, 9.17) is 109 Å². The highest BCUT2D eigenvalue weighted by Crippen LogP contribution is 2.43. The Hall–Kier alpha value is -3.30. The van der Waals surface area contributed by atoms with Crippen LogP contribution in [0.5, 0.6) is 0 Å². The molecule has 12 fully saturated rings. The average molecular weight is 2000 g/mol. The Labute approximate surface area is 769 Å². The highest BCUT2D eigenvalue weighted by Gasteiger charge is 2.64. The number of hydrogen-bond acceptors (Lipinski definition) is 58. The maximum Gasteiger partial charge on any atom is 0.217 e. The third kappa shape index (κ3) is 23.5. The molecule has 60 heteroatoms. The normalized spacial score (nSPS) is 52.8. The fraction of sp³-hybridized carbons (Fsp3) is 0.974. The van der Waals surface area contributed by atoms with Crippen LogP contribution in [0.25, 0.3) is 0 Å². The molecule has 0 aromatic carbocycles. The van der Waals surface area contributed by atoms with Gasteiger partial charge in [0.05, 0.1) is 77.8 Å². The summed E-state index contributed by atoms with van der Waals surface area (Å²) in [5, 5.41) is 373. The van der Waals surface area contributed by atoms with Gasteiger partial charge in [0.2, 0.25) is 11.8 Å². The predicted molar refractivity (Wildman–Crippen MR) is 414 cm³/mol. The van der Waals surface area contributed by atoms with E-state index in [9.17, 15) is 178 Å². The van der Waals surface area contributed by atoms with Gasteiger partial charge in [0.1, 0.15) is 275 Å². The molecule has 0 bridgehead atoms.